The molecule has 1 aliphatic heterocycles. The van der Waals surface area contributed by atoms with Crippen molar-refractivity contribution in [3.05, 3.63) is 64.7 Å². The van der Waals surface area contributed by atoms with Crippen LogP contribution in [0.3, 0.4) is 0 Å². The van der Waals surface area contributed by atoms with Crippen LogP contribution in [0.15, 0.2) is 42.4 Å². The molecule has 4 heteroatoms. The van der Waals surface area contributed by atoms with Gasteiger partial charge in [0, 0.05) is 44.1 Å². The minimum absolute atomic E-state index is 0.148. The number of rotatable bonds is 5. The molecule has 2 unspecified atom stereocenters. The molecule has 1 aromatic heterocycles. The zero-order valence-electron chi connectivity index (χ0n) is 15.7. The van der Waals surface area contributed by atoms with Gasteiger partial charge in [-0.05, 0) is 42.9 Å². The van der Waals surface area contributed by atoms with Gasteiger partial charge in [0.15, 0.2) is 0 Å². The van der Waals surface area contributed by atoms with E-state index in [9.17, 15) is 5.11 Å². The minimum Gasteiger partial charge on any atom is -0.392 e. The molecule has 0 bridgehead atoms. The van der Waals surface area contributed by atoms with Crippen LogP contribution in [0.2, 0.25) is 0 Å². The Morgan fingerprint density at radius 3 is 2.92 bits per heavy atom. The van der Waals surface area contributed by atoms with Crippen LogP contribution in [0.1, 0.15) is 48.1 Å². The van der Waals surface area contributed by atoms with Gasteiger partial charge in [0.25, 0.3) is 0 Å². The number of fused-ring (bicyclic) bond motifs is 1. The standard InChI is InChI=1S/C22H27N3O/c1-15-3-4-20-18(11-15)12-17(5-9-25-10-6-19(26)14-25)22(20)16(2)21-13-23-7-8-24-21/h3-4,7-8,11,13,16,19,26H,5-6,9-10,12,14H2,1-2H3. The second-order valence-electron chi connectivity index (χ2n) is 7.70. The first-order chi connectivity index (χ1) is 12.6. The van der Waals surface area contributed by atoms with E-state index in [2.05, 4.69) is 46.9 Å². The van der Waals surface area contributed by atoms with E-state index in [1.807, 2.05) is 6.20 Å². The van der Waals surface area contributed by atoms with Gasteiger partial charge in [-0.3, -0.25) is 9.97 Å². The van der Waals surface area contributed by atoms with Crippen molar-refractivity contribution in [2.45, 2.75) is 45.1 Å². The second-order valence-corrected chi connectivity index (χ2v) is 7.70. The first kappa shape index (κ1) is 17.4. The molecule has 1 fully saturated rings. The summed E-state index contributed by atoms with van der Waals surface area (Å²) < 4.78 is 0. The predicted molar refractivity (Wildman–Crippen MR) is 104 cm³/mol. The Balaban J connectivity index is 1.63. The number of likely N-dealkylation sites (tertiary alicyclic amines) is 1. The highest BCUT2D eigenvalue weighted by Gasteiger charge is 2.28. The van der Waals surface area contributed by atoms with Crippen molar-refractivity contribution >= 4 is 5.57 Å². The molecule has 0 radical (unpaired) electrons. The van der Waals surface area contributed by atoms with Crippen LogP contribution in [-0.2, 0) is 6.42 Å². The van der Waals surface area contributed by atoms with E-state index in [1.54, 1.807) is 12.4 Å². The molecule has 2 aromatic rings. The average Bonchev–Trinajstić information content (AvgIpc) is 3.22. The number of nitrogens with zero attached hydrogens (tertiary/aromatic N) is 3. The number of aryl methyl sites for hydroxylation is 1. The van der Waals surface area contributed by atoms with Gasteiger partial charge in [-0.25, -0.2) is 0 Å². The SMILES string of the molecule is Cc1ccc2c(c1)CC(CCN1CCC(O)C1)=C2C(C)c1cnccn1. The number of aliphatic hydroxyl groups is 1. The third-order valence-corrected chi connectivity index (χ3v) is 5.77. The second kappa shape index (κ2) is 7.29. The Labute approximate surface area is 155 Å². The molecule has 0 amide bonds. The number of hydrogen-bond donors (Lipinski definition) is 1. The van der Waals surface area contributed by atoms with Gasteiger partial charge in [0.2, 0.25) is 0 Å². The summed E-state index contributed by atoms with van der Waals surface area (Å²) >= 11 is 0. The molecule has 1 saturated heterocycles. The van der Waals surface area contributed by atoms with Crippen LogP contribution in [-0.4, -0.2) is 45.7 Å². The van der Waals surface area contributed by atoms with E-state index in [1.165, 1.54) is 27.8 Å². The van der Waals surface area contributed by atoms with E-state index >= 15 is 0 Å². The minimum atomic E-state index is -0.148. The molecular formula is C22H27N3O. The maximum absolute atomic E-state index is 9.78. The largest absolute Gasteiger partial charge is 0.392 e. The fraction of sp³-hybridized carbons (Fsp3) is 0.455. The molecule has 4 nitrogen and oxygen atoms in total. The van der Waals surface area contributed by atoms with E-state index in [0.717, 1.165) is 44.6 Å². The van der Waals surface area contributed by atoms with E-state index < -0.39 is 0 Å². The molecule has 1 N–H and O–H groups in total. The van der Waals surface area contributed by atoms with Crippen LogP contribution in [0.25, 0.3) is 5.57 Å². The van der Waals surface area contributed by atoms with Gasteiger partial charge < -0.3 is 10.0 Å². The summed E-state index contributed by atoms with van der Waals surface area (Å²) in [5.41, 5.74) is 8.12. The molecule has 2 atom stereocenters. The molecule has 26 heavy (non-hydrogen) atoms. The Hall–Kier alpha value is -2.04. The highest BCUT2D eigenvalue weighted by Crippen LogP contribution is 2.42. The number of allylic oxidation sites excluding steroid dienone is 1. The Morgan fingerprint density at radius 1 is 1.31 bits per heavy atom. The molecule has 1 aromatic carbocycles. The molecule has 0 saturated carbocycles. The van der Waals surface area contributed by atoms with Crippen molar-refractivity contribution in [3.63, 3.8) is 0 Å². The average molecular weight is 349 g/mol. The van der Waals surface area contributed by atoms with Crippen molar-refractivity contribution in [2.75, 3.05) is 19.6 Å². The summed E-state index contributed by atoms with van der Waals surface area (Å²) in [4.78, 5) is 11.2. The molecule has 2 aliphatic rings. The number of aromatic nitrogens is 2. The molecule has 4 rings (SSSR count). The van der Waals surface area contributed by atoms with Crippen molar-refractivity contribution in [1.29, 1.82) is 0 Å². The highest BCUT2D eigenvalue weighted by molar-refractivity contribution is 5.80. The van der Waals surface area contributed by atoms with Crippen LogP contribution in [0, 0.1) is 6.92 Å². The lowest BCUT2D eigenvalue weighted by Gasteiger charge is -2.19. The third kappa shape index (κ3) is 3.44. The number of aliphatic hydroxyl groups excluding tert-OH is 1. The lowest BCUT2D eigenvalue weighted by Crippen LogP contribution is -2.23. The summed E-state index contributed by atoms with van der Waals surface area (Å²) in [6, 6.07) is 6.81. The van der Waals surface area contributed by atoms with Gasteiger partial charge in [0.1, 0.15) is 0 Å². The van der Waals surface area contributed by atoms with E-state index in [-0.39, 0.29) is 12.0 Å². The molecule has 1 aliphatic carbocycles. The Bertz CT molecular complexity index is 815. The smallest absolute Gasteiger partial charge is 0.0679 e. The maximum Gasteiger partial charge on any atom is 0.0679 e. The van der Waals surface area contributed by atoms with Crippen molar-refractivity contribution in [2.24, 2.45) is 0 Å². The van der Waals surface area contributed by atoms with Crippen LogP contribution >= 0.6 is 0 Å². The zero-order chi connectivity index (χ0) is 18.1. The summed E-state index contributed by atoms with van der Waals surface area (Å²) in [6.45, 7) is 7.25. The normalized spacial score (nSPS) is 21.3. The Morgan fingerprint density at radius 2 is 2.19 bits per heavy atom. The fourth-order valence-electron chi connectivity index (χ4n) is 4.40. The number of hydrogen-bond acceptors (Lipinski definition) is 4. The molecular weight excluding hydrogens is 322 g/mol. The van der Waals surface area contributed by atoms with Crippen LogP contribution < -0.4 is 0 Å². The number of benzene rings is 1. The first-order valence-corrected chi connectivity index (χ1v) is 9.60. The maximum atomic E-state index is 9.78. The lowest BCUT2D eigenvalue weighted by atomic mass is 9.90. The molecule has 0 spiro atoms. The van der Waals surface area contributed by atoms with E-state index in [4.69, 9.17) is 0 Å². The van der Waals surface area contributed by atoms with Gasteiger partial charge in [-0.15, -0.1) is 0 Å². The summed E-state index contributed by atoms with van der Waals surface area (Å²) in [5, 5.41) is 9.78. The fourth-order valence-corrected chi connectivity index (χ4v) is 4.40. The van der Waals surface area contributed by atoms with Gasteiger partial charge >= 0.3 is 0 Å². The van der Waals surface area contributed by atoms with Gasteiger partial charge in [0.05, 0.1) is 11.8 Å². The van der Waals surface area contributed by atoms with Crippen molar-refractivity contribution in [1.82, 2.24) is 14.9 Å². The summed E-state index contributed by atoms with van der Waals surface area (Å²) in [7, 11) is 0. The predicted octanol–water partition coefficient (Wildman–Crippen LogP) is 3.36. The highest BCUT2D eigenvalue weighted by atomic mass is 16.3. The number of β-amino-alcohol motifs (C(OH)–C–C–N with tert-alkyl or cyclic N) is 1. The molecule has 136 valence electrons. The van der Waals surface area contributed by atoms with E-state index in [0.29, 0.717) is 0 Å². The van der Waals surface area contributed by atoms with Crippen molar-refractivity contribution < 1.29 is 5.11 Å². The Kier molecular flexibility index (Phi) is 4.88. The first-order valence-electron chi connectivity index (χ1n) is 9.60. The monoisotopic (exact) mass is 349 g/mol. The quantitative estimate of drug-likeness (QED) is 0.899. The van der Waals surface area contributed by atoms with Gasteiger partial charge in [-0.1, -0.05) is 36.3 Å². The van der Waals surface area contributed by atoms with Gasteiger partial charge in [-0.2, -0.15) is 0 Å². The summed E-state index contributed by atoms with van der Waals surface area (Å²) in [5.74, 6) is 0.242. The van der Waals surface area contributed by atoms with Crippen molar-refractivity contribution in [3.8, 4) is 0 Å². The molecule has 2 heterocycles. The third-order valence-electron chi connectivity index (χ3n) is 5.77. The summed E-state index contributed by atoms with van der Waals surface area (Å²) in [6.07, 6.45) is 8.25. The van der Waals surface area contributed by atoms with Crippen LogP contribution in [0.5, 0.6) is 0 Å². The topological polar surface area (TPSA) is 49.2 Å². The van der Waals surface area contributed by atoms with Crippen LogP contribution in [0.4, 0.5) is 0 Å². The lowest BCUT2D eigenvalue weighted by molar-refractivity contribution is 0.177. The zero-order valence-corrected chi connectivity index (χ0v) is 15.7.